The fraction of sp³-hybridized carbons (Fsp3) is 0.324. The molecule has 8 rings (SSSR count). The number of phenols is 1. The number of benzene rings is 2. The van der Waals surface area contributed by atoms with Crippen LogP contribution in [0.2, 0.25) is 5.02 Å². The molecule has 4 atom stereocenters. The molecule has 2 aliphatic heterocycles. The summed E-state index contributed by atoms with van der Waals surface area (Å²) in [5.74, 6) is -1.84. The number of imide groups is 1. The molecule has 2 fully saturated rings. The summed E-state index contributed by atoms with van der Waals surface area (Å²) in [7, 11) is 4.58. The Bertz CT molecular complexity index is 2450. The summed E-state index contributed by atoms with van der Waals surface area (Å²) in [5, 5.41) is 17.1. The van der Waals surface area contributed by atoms with Crippen molar-refractivity contribution in [1.29, 1.82) is 0 Å². The van der Waals surface area contributed by atoms with E-state index >= 15 is 0 Å². The number of carbonyl (C=O) groups is 2. The first-order chi connectivity index (χ1) is 23.3. The predicted octanol–water partition coefficient (Wildman–Crippen LogP) is 5.11. The molecule has 2 aromatic carbocycles. The van der Waals surface area contributed by atoms with Gasteiger partial charge in [-0.1, -0.05) is 17.7 Å². The molecule has 2 amide bonds. The fourth-order valence-electron chi connectivity index (χ4n) is 8.12. The van der Waals surface area contributed by atoms with Crippen LogP contribution in [-0.2, 0) is 30.2 Å². The van der Waals surface area contributed by atoms with E-state index in [1.54, 1.807) is 48.2 Å². The molecule has 15 heteroatoms. The second-order valence-electron chi connectivity index (χ2n) is 13.0. The summed E-state index contributed by atoms with van der Waals surface area (Å²) in [4.78, 5) is 58.3. The maximum atomic E-state index is 15.0. The Morgan fingerprint density at radius 1 is 1.10 bits per heavy atom. The van der Waals surface area contributed by atoms with Crippen molar-refractivity contribution >= 4 is 73.2 Å². The highest BCUT2D eigenvalue weighted by molar-refractivity contribution is 14.1. The Labute approximate surface area is 301 Å². The minimum absolute atomic E-state index is 0.0386. The molecule has 49 heavy (non-hydrogen) atoms. The first-order valence-electron chi connectivity index (χ1n) is 15.5. The summed E-state index contributed by atoms with van der Waals surface area (Å²) >= 11 is 9.86. The van der Waals surface area contributed by atoms with Crippen LogP contribution in [0.15, 0.2) is 57.6 Å². The molecule has 1 aliphatic carbocycles. The number of hydrogen-bond acceptors (Lipinski definition) is 8. The SMILES string of the molecule is COc1cc(C2C3=CCn4c(=O)n(C)c(=O)n4C3CC3C(=O)N(c4cc(-c5sc6ccc(Cl)cc6c5C)nn4C)C(=O)C32C)cc(I)c1O. The van der Waals surface area contributed by atoms with Gasteiger partial charge in [-0.05, 0) is 95.3 Å². The lowest BCUT2D eigenvalue weighted by molar-refractivity contribution is -0.129. The van der Waals surface area contributed by atoms with E-state index in [-0.39, 0.29) is 24.5 Å². The summed E-state index contributed by atoms with van der Waals surface area (Å²) in [6, 6.07) is 10.3. The second-order valence-corrected chi connectivity index (χ2v) is 15.7. The molecular weight excluding hydrogens is 783 g/mol. The number of fused-ring (bicyclic) bond motifs is 5. The van der Waals surface area contributed by atoms with Crippen LogP contribution in [0.5, 0.6) is 11.5 Å². The summed E-state index contributed by atoms with van der Waals surface area (Å²) in [6.45, 7) is 3.93. The van der Waals surface area contributed by atoms with E-state index in [1.165, 1.54) is 28.4 Å². The van der Waals surface area contributed by atoms with Crippen LogP contribution in [0.3, 0.4) is 0 Å². The molecule has 12 nitrogen and oxygen atoms in total. The van der Waals surface area contributed by atoms with Crippen LogP contribution in [-0.4, -0.2) is 47.7 Å². The third-order valence-corrected chi connectivity index (χ3v) is 12.9. The third-order valence-electron chi connectivity index (χ3n) is 10.5. The number of hydrogen-bond donors (Lipinski definition) is 1. The smallest absolute Gasteiger partial charge is 0.347 e. The van der Waals surface area contributed by atoms with Gasteiger partial charge in [0.25, 0.3) is 0 Å². The molecule has 0 radical (unpaired) electrons. The topological polar surface area (TPSA) is 134 Å². The van der Waals surface area contributed by atoms with Gasteiger partial charge in [0.1, 0.15) is 11.5 Å². The summed E-state index contributed by atoms with van der Waals surface area (Å²) < 4.78 is 12.5. The number of ether oxygens (including phenoxy) is 1. The van der Waals surface area contributed by atoms with Crippen molar-refractivity contribution < 1.29 is 19.4 Å². The van der Waals surface area contributed by atoms with Gasteiger partial charge in [-0.15, -0.1) is 11.3 Å². The third kappa shape index (κ3) is 4.29. The number of aryl methyl sites for hydroxylation is 2. The number of aromatic nitrogens is 5. The molecule has 1 N–H and O–H groups in total. The van der Waals surface area contributed by atoms with Gasteiger partial charge >= 0.3 is 11.4 Å². The Hall–Kier alpha value is -4.15. The zero-order valence-corrected chi connectivity index (χ0v) is 30.8. The molecule has 252 valence electrons. The fourth-order valence-corrected chi connectivity index (χ4v) is 10.1. The number of thiophene rings is 1. The maximum Gasteiger partial charge on any atom is 0.347 e. The quantitative estimate of drug-likeness (QED) is 0.152. The Morgan fingerprint density at radius 3 is 2.59 bits per heavy atom. The van der Waals surface area contributed by atoms with Crippen LogP contribution in [0, 0.1) is 21.8 Å². The first kappa shape index (κ1) is 32.1. The average Bonchev–Trinajstić information content (AvgIpc) is 3.73. The second kappa shape index (κ2) is 10.9. The van der Waals surface area contributed by atoms with Gasteiger partial charge in [0.2, 0.25) is 11.8 Å². The van der Waals surface area contributed by atoms with Crippen LogP contribution in [0.1, 0.15) is 36.4 Å². The Morgan fingerprint density at radius 2 is 1.86 bits per heavy atom. The number of phenolic OH excluding ortho intramolecular Hbond substituents is 1. The minimum Gasteiger partial charge on any atom is -0.504 e. The van der Waals surface area contributed by atoms with Gasteiger partial charge in [0.15, 0.2) is 11.5 Å². The van der Waals surface area contributed by atoms with E-state index in [0.29, 0.717) is 25.7 Å². The lowest BCUT2D eigenvalue weighted by Gasteiger charge is -2.47. The maximum absolute atomic E-state index is 15.0. The first-order valence-corrected chi connectivity index (χ1v) is 17.8. The lowest BCUT2D eigenvalue weighted by atomic mass is 9.56. The van der Waals surface area contributed by atoms with E-state index < -0.39 is 46.5 Å². The van der Waals surface area contributed by atoms with Crippen molar-refractivity contribution in [2.24, 2.45) is 25.4 Å². The molecule has 3 aliphatic rings. The molecule has 0 spiro atoms. The van der Waals surface area contributed by atoms with Gasteiger partial charge in [0.05, 0.1) is 39.5 Å². The van der Waals surface area contributed by atoms with Gasteiger partial charge in [-0.2, -0.15) is 5.10 Å². The molecule has 4 unspecified atom stereocenters. The molecule has 5 heterocycles. The molecule has 5 aromatic rings. The van der Waals surface area contributed by atoms with Gasteiger partial charge in [-0.3, -0.25) is 14.3 Å². The lowest BCUT2D eigenvalue weighted by Crippen LogP contribution is -2.49. The van der Waals surface area contributed by atoms with Crippen molar-refractivity contribution in [2.75, 3.05) is 12.0 Å². The summed E-state index contributed by atoms with van der Waals surface area (Å²) in [5.41, 5.74) is 0.781. The number of allylic oxidation sites excluding steroid dienone is 2. The zero-order chi connectivity index (χ0) is 34.8. The largest absolute Gasteiger partial charge is 0.504 e. The predicted molar refractivity (Wildman–Crippen MR) is 194 cm³/mol. The van der Waals surface area contributed by atoms with Crippen LogP contribution >= 0.6 is 45.5 Å². The number of carbonyl (C=O) groups excluding carboxylic acids is 2. The van der Waals surface area contributed by atoms with Crippen LogP contribution in [0.25, 0.3) is 20.7 Å². The number of anilines is 1. The van der Waals surface area contributed by atoms with Crippen molar-refractivity contribution in [2.45, 2.75) is 38.8 Å². The number of amides is 2. The normalized spacial score (nSPS) is 23.1. The van der Waals surface area contributed by atoms with Crippen molar-refractivity contribution in [3.63, 3.8) is 0 Å². The monoisotopic (exact) mass is 812 g/mol. The zero-order valence-electron chi connectivity index (χ0n) is 27.0. The van der Waals surface area contributed by atoms with E-state index in [2.05, 4.69) is 0 Å². The van der Waals surface area contributed by atoms with E-state index in [4.69, 9.17) is 21.4 Å². The van der Waals surface area contributed by atoms with Crippen LogP contribution in [0.4, 0.5) is 5.82 Å². The van der Waals surface area contributed by atoms with E-state index in [1.807, 2.05) is 53.8 Å². The average molecular weight is 813 g/mol. The van der Waals surface area contributed by atoms with Gasteiger partial charge in [-0.25, -0.2) is 28.4 Å². The van der Waals surface area contributed by atoms with Gasteiger partial charge in [0, 0.05) is 35.8 Å². The number of rotatable bonds is 4. The standard InChI is InChI=1S/C34H30ClIN6O6S/c1-15-19-12-17(35)6-7-25(19)49-29(15)22-14-26(39(4)37-22)41-30(44)20-13-23-18(8-9-40-32(46)38(3)33(47)42(23)40)27(34(20,2)31(41)45)16-10-21(36)28(43)24(11-16)48-5/h6-8,10-12,14,20,23,27,43H,9,13H2,1-5H3. The van der Waals surface area contributed by atoms with E-state index in [0.717, 1.165) is 30.7 Å². The molecule has 3 aromatic heterocycles. The highest BCUT2D eigenvalue weighted by Crippen LogP contribution is 2.62. The Balaban J connectivity index is 1.30. The Kier molecular flexibility index (Phi) is 7.15. The molecule has 1 saturated heterocycles. The van der Waals surface area contributed by atoms with Crippen LogP contribution < -0.4 is 21.0 Å². The minimum atomic E-state index is -1.29. The highest BCUT2D eigenvalue weighted by atomic mass is 127. The highest BCUT2D eigenvalue weighted by Gasteiger charge is 2.66. The molecule has 1 saturated carbocycles. The molecule has 0 bridgehead atoms. The number of aromatic hydroxyl groups is 1. The number of halogens is 2. The van der Waals surface area contributed by atoms with Crippen molar-refractivity contribution in [1.82, 2.24) is 23.7 Å². The van der Waals surface area contributed by atoms with Crippen molar-refractivity contribution in [3.8, 4) is 22.1 Å². The number of methoxy groups -OCH3 is 1. The van der Waals surface area contributed by atoms with E-state index in [9.17, 15) is 24.3 Å². The van der Waals surface area contributed by atoms with Gasteiger partial charge < -0.3 is 9.84 Å². The molecular formula is C34H30ClIN6O6S. The van der Waals surface area contributed by atoms with Crippen molar-refractivity contribution in [3.05, 3.63) is 88.7 Å². The summed E-state index contributed by atoms with van der Waals surface area (Å²) in [6.07, 6.45) is 2.03. The number of nitrogens with zero attached hydrogens (tertiary/aromatic N) is 6.